The van der Waals surface area contributed by atoms with Crippen LogP contribution in [0.1, 0.15) is 75.0 Å². The maximum atomic E-state index is 13.6. The van der Waals surface area contributed by atoms with Gasteiger partial charge in [0.15, 0.2) is 5.78 Å². The first-order valence-electron chi connectivity index (χ1n) is 19.9. The number of nitrogens with zero attached hydrogens (tertiary/aromatic N) is 4. The van der Waals surface area contributed by atoms with Gasteiger partial charge >= 0.3 is 12.2 Å². The van der Waals surface area contributed by atoms with Crippen LogP contribution in [-0.2, 0) is 23.9 Å². The normalized spacial score (nSPS) is 17.7. The smallest absolute Gasteiger partial charge is 0.407 e. The molecular weight excluding hydrogens is 753 g/mol. The van der Waals surface area contributed by atoms with E-state index in [0.29, 0.717) is 18.2 Å². The Bertz CT molecular complexity index is 2380. The molecule has 0 spiro atoms. The van der Waals surface area contributed by atoms with Gasteiger partial charge in [0.05, 0.1) is 56.6 Å². The molecule has 0 unspecified atom stereocenters. The summed E-state index contributed by atoms with van der Waals surface area (Å²) < 4.78 is 9.48. The van der Waals surface area contributed by atoms with Crippen molar-refractivity contribution >= 4 is 40.6 Å². The standard InChI is InChI=1S/C44H50N8O7.3H2/c1-24(2)37(49-43(56)58-5)41(54)51-17-7-8-35(51)39-45-22-34(48-39)31-16-15-29-18-28(13-14-30(29)19-31)26-9-11-27(12-10-26)33-21-46-40(47-33)36-20-32(53)23-52(36)42(55)38(25(3)4)50-44(57)59-6;;;/h9-16,18-19,21-22,24-25,35-38H,7-8,17,20,23H2,1-6H3,(H,45,48)(H,46,47)(H,49,56)(H,50,57);3*1H/t35-,36-,37-,38-;;;/m0.../s1. The number of Topliss-reactive ketones (excluding diaryl/α,β-unsaturated/α-hetero) is 1. The number of aromatic amines is 2. The van der Waals surface area contributed by atoms with Crippen LogP contribution in [-0.4, -0.2) is 98.9 Å². The second-order valence-electron chi connectivity index (χ2n) is 15.8. The molecule has 4 amide bonds. The van der Waals surface area contributed by atoms with Crippen LogP contribution in [0.4, 0.5) is 9.59 Å². The minimum absolute atomic E-state index is 0. The zero-order valence-corrected chi connectivity index (χ0v) is 34.1. The number of carbonyl (C=O) groups is 5. The Morgan fingerprint density at radius 1 is 0.695 bits per heavy atom. The summed E-state index contributed by atoms with van der Waals surface area (Å²) >= 11 is 0. The molecule has 4 heterocycles. The first-order chi connectivity index (χ1) is 28.3. The number of fused-ring (bicyclic) bond motifs is 1. The molecule has 0 radical (unpaired) electrons. The molecule has 3 aromatic carbocycles. The maximum Gasteiger partial charge on any atom is 0.407 e. The number of likely N-dealkylation sites (tertiary alicyclic amines) is 2. The average Bonchev–Trinajstić information content (AvgIpc) is 4.08. The van der Waals surface area contributed by atoms with E-state index in [2.05, 4.69) is 62.0 Å². The highest BCUT2D eigenvalue weighted by atomic mass is 16.5. The van der Waals surface area contributed by atoms with E-state index in [-0.39, 0.29) is 52.7 Å². The first kappa shape index (κ1) is 40.7. The number of alkyl carbamates (subject to hydrolysis) is 2. The van der Waals surface area contributed by atoms with Crippen LogP contribution in [0, 0.1) is 11.8 Å². The molecular formula is C44H56N8O7. The van der Waals surface area contributed by atoms with Gasteiger partial charge in [-0.05, 0) is 64.3 Å². The van der Waals surface area contributed by atoms with E-state index in [1.165, 1.54) is 19.1 Å². The van der Waals surface area contributed by atoms with Gasteiger partial charge in [-0.25, -0.2) is 19.6 Å². The van der Waals surface area contributed by atoms with Gasteiger partial charge in [0.1, 0.15) is 23.7 Å². The molecule has 2 saturated heterocycles. The SMILES string of the molecule is COC(=O)N[C@H](C(=O)N1CCC[C@H]1c1ncc(-c2ccc3cc(-c4ccc(-c5cnc([C@@H]6CC(=O)CN6C(=O)[C@@H](NC(=O)OC)C(C)C)[nH]5)cc4)ccc3c2)[nH]1)C(C)C.[HH].[HH].[HH]. The lowest BCUT2D eigenvalue weighted by Crippen LogP contribution is -2.51. The second kappa shape index (κ2) is 17.1. The number of nitrogens with one attached hydrogen (secondary N) is 4. The molecule has 0 aliphatic carbocycles. The molecule has 4 N–H and O–H groups in total. The van der Waals surface area contributed by atoms with Crippen molar-refractivity contribution in [3.05, 3.63) is 84.7 Å². The van der Waals surface area contributed by atoms with Crippen molar-refractivity contribution in [1.82, 2.24) is 40.4 Å². The van der Waals surface area contributed by atoms with E-state index in [0.717, 1.165) is 57.3 Å². The fourth-order valence-electron chi connectivity index (χ4n) is 7.98. The number of ketones is 1. The predicted molar refractivity (Wildman–Crippen MR) is 227 cm³/mol. The highest BCUT2D eigenvalue weighted by Gasteiger charge is 2.41. The van der Waals surface area contributed by atoms with Crippen LogP contribution in [0.5, 0.6) is 0 Å². The van der Waals surface area contributed by atoms with Crippen molar-refractivity contribution in [2.45, 2.75) is 71.1 Å². The molecule has 15 heteroatoms. The summed E-state index contributed by atoms with van der Waals surface area (Å²) in [7, 11) is 2.52. The number of methoxy groups -OCH3 is 2. The van der Waals surface area contributed by atoms with Crippen molar-refractivity contribution in [1.29, 1.82) is 0 Å². The Labute approximate surface area is 346 Å². The molecule has 2 fully saturated rings. The van der Waals surface area contributed by atoms with Gasteiger partial charge in [-0.15, -0.1) is 0 Å². The number of benzene rings is 3. The summed E-state index contributed by atoms with van der Waals surface area (Å²) in [5.41, 5.74) is 5.56. The Hall–Kier alpha value is -6.51. The zero-order chi connectivity index (χ0) is 42.0. The predicted octanol–water partition coefficient (Wildman–Crippen LogP) is 7.29. The minimum Gasteiger partial charge on any atom is -0.453 e. The quantitative estimate of drug-likeness (QED) is 0.106. The van der Waals surface area contributed by atoms with Crippen LogP contribution in [0.3, 0.4) is 0 Å². The van der Waals surface area contributed by atoms with E-state index >= 15 is 0 Å². The van der Waals surface area contributed by atoms with Crippen molar-refractivity contribution in [3.8, 4) is 33.6 Å². The highest BCUT2D eigenvalue weighted by Crippen LogP contribution is 2.35. The van der Waals surface area contributed by atoms with Gasteiger partial charge in [0.2, 0.25) is 11.8 Å². The van der Waals surface area contributed by atoms with Gasteiger partial charge in [-0.2, -0.15) is 0 Å². The molecule has 2 aliphatic heterocycles. The molecule has 7 rings (SSSR count). The lowest BCUT2D eigenvalue weighted by atomic mass is 9.98. The van der Waals surface area contributed by atoms with Crippen LogP contribution >= 0.6 is 0 Å². The fraction of sp³-hybridized carbons (Fsp3) is 0.386. The molecule has 5 aromatic rings. The topological polar surface area (TPSA) is 192 Å². The van der Waals surface area contributed by atoms with Gasteiger partial charge in [0.25, 0.3) is 0 Å². The van der Waals surface area contributed by atoms with Crippen LogP contribution in [0.25, 0.3) is 44.4 Å². The molecule has 15 nitrogen and oxygen atoms in total. The second-order valence-corrected chi connectivity index (χ2v) is 15.8. The minimum atomic E-state index is -0.851. The van der Waals surface area contributed by atoms with Gasteiger partial charge < -0.3 is 39.9 Å². The molecule has 59 heavy (non-hydrogen) atoms. The Kier molecular flexibility index (Phi) is 11.8. The summed E-state index contributed by atoms with van der Waals surface area (Å²) in [5.74, 6) is 0.289. The Morgan fingerprint density at radius 2 is 1.19 bits per heavy atom. The maximum absolute atomic E-state index is 13.6. The van der Waals surface area contributed by atoms with Crippen LogP contribution < -0.4 is 10.6 Å². The summed E-state index contributed by atoms with van der Waals surface area (Å²) in [6.07, 6.45) is 3.91. The molecule has 0 saturated carbocycles. The van der Waals surface area contributed by atoms with Crippen molar-refractivity contribution in [3.63, 3.8) is 0 Å². The fourth-order valence-corrected chi connectivity index (χ4v) is 7.98. The number of amides is 4. The average molecular weight is 809 g/mol. The van der Waals surface area contributed by atoms with Crippen LogP contribution in [0.2, 0.25) is 0 Å². The van der Waals surface area contributed by atoms with Crippen molar-refractivity contribution < 1.29 is 37.7 Å². The van der Waals surface area contributed by atoms with E-state index in [9.17, 15) is 24.0 Å². The van der Waals surface area contributed by atoms with Crippen LogP contribution in [0.15, 0.2) is 73.1 Å². The molecule has 4 atom stereocenters. The Balaban J connectivity index is 0.00000282. The van der Waals surface area contributed by atoms with Crippen molar-refractivity contribution in [2.75, 3.05) is 27.3 Å². The van der Waals surface area contributed by atoms with Crippen molar-refractivity contribution in [2.24, 2.45) is 11.8 Å². The summed E-state index contributed by atoms with van der Waals surface area (Å²) in [5, 5.41) is 7.44. The van der Waals surface area contributed by atoms with Gasteiger partial charge in [0, 0.05) is 22.8 Å². The van der Waals surface area contributed by atoms with E-state index < -0.39 is 30.3 Å². The van der Waals surface area contributed by atoms with Gasteiger partial charge in [-0.3, -0.25) is 14.4 Å². The summed E-state index contributed by atoms with van der Waals surface area (Å²) in [6.45, 7) is 7.96. The number of ether oxygens (including phenoxy) is 2. The number of rotatable bonds is 11. The number of aromatic nitrogens is 4. The number of H-pyrrole nitrogens is 2. The number of hydrogen-bond acceptors (Lipinski definition) is 9. The first-order valence-corrected chi connectivity index (χ1v) is 19.9. The molecule has 0 bridgehead atoms. The monoisotopic (exact) mass is 808 g/mol. The third-order valence-electron chi connectivity index (χ3n) is 11.2. The third kappa shape index (κ3) is 8.54. The lowest BCUT2D eigenvalue weighted by molar-refractivity contribution is -0.136. The molecule has 2 aliphatic rings. The zero-order valence-electron chi connectivity index (χ0n) is 34.1. The van der Waals surface area contributed by atoms with E-state index in [1.807, 2.05) is 52.0 Å². The molecule has 314 valence electrons. The lowest BCUT2D eigenvalue weighted by Gasteiger charge is -2.30. The number of carbonyl (C=O) groups excluding carboxylic acids is 5. The number of hydrogen-bond donors (Lipinski definition) is 4. The summed E-state index contributed by atoms with van der Waals surface area (Å²) in [4.78, 5) is 83.0. The van der Waals surface area contributed by atoms with Gasteiger partial charge in [-0.1, -0.05) is 76.2 Å². The molecule has 2 aromatic heterocycles. The Morgan fingerprint density at radius 3 is 1.76 bits per heavy atom. The van der Waals surface area contributed by atoms with E-state index in [4.69, 9.17) is 14.5 Å². The largest absolute Gasteiger partial charge is 0.453 e. The van der Waals surface area contributed by atoms with E-state index in [1.54, 1.807) is 17.3 Å². The third-order valence-corrected chi connectivity index (χ3v) is 11.2. The number of imidazole rings is 2. The highest BCUT2D eigenvalue weighted by molar-refractivity contribution is 5.94. The summed E-state index contributed by atoms with van der Waals surface area (Å²) in [6, 6.07) is 18.4.